The molecule has 2 aliphatic heterocycles. The standard InChI is InChI=1S/C21H20N4O3/c26-19-7-3-6-18-16-8-14(11-24(18)19)10-23(12-16)20(27)13-25-21(28)17-5-2-1-4-15(17)9-22-25/h1-7,9,14,16H,8,10-13H2. The molecule has 2 atom stereocenters. The number of likely N-dealkylation sites (tertiary alicyclic amines) is 1. The van der Waals surface area contributed by atoms with Crippen LogP contribution in [0.2, 0.25) is 0 Å². The Hall–Kier alpha value is -3.22. The summed E-state index contributed by atoms with van der Waals surface area (Å²) >= 11 is 0. The number of amides is 1. The predicted molar refractivity (Wildman–Crippen MR) is 104 cm³/mol. The number of nitrogens with zero attached hydrogens (tertiary/aromatic N) is 4. The van der Waals surface area contributed by atoms with Gasteiger partial charge in [-0.25, -0.2) is 4.68 Å². The second kappa shape index (κ2) is 6.44. The molecule has 0 aliphatic carbocycles. The van der Waals surface area contributed by atoms with E-state index in [1.807, 2.05) is 27.7 Å². The molecule has 142 valence electrons. The molecule has 2 aliphatic rings. The molecule has 1 fully saturated rings. The predicted octanol–water partition coefficient (Wildman–Crippen LogP) is 1.20. The number of carbonyl (C=O) groups is 1. The number of benzene rings is 1. The van der Waals surface area contributed by atoms with Gasteiger partial charge >= 0.3 is 0 Å². The fourth-order valence-corrected chi connectivity index (χ4v) is 4.57. The minimum absolute atomic E-state index is 0.0268. The highest BCUT2D eigenvalue weighted by molar-refractivity contribution is 5.81. The zero-order chi connectivity index (χ0) is 19.3. The molecule has 2 aromatic heterocycles. The molecule has 7 nitrogen and oxygen atoms in total. The molecule has 1 aromatic carbocycles. The van der Waals surface area contributed by atoms with Gasteiger partial charge < -0.3 is 9.47 Å². The molecule has 0 spiro atoms. The summed E-state index contributed by atoms with van der Waals surface area (Å²) in [5.74, 6) is 0.314. The van der Waals surface area contributed by atoms with Crippen LogP contribution in [0.5, 0.6) is 0 Å². The van der Waals surface area contributed by atoms with Crippen LogP contribution in [-0.2, 0) is 17.9 Å². The van der Waals surface area contributed by atoms with E-state index in [9.17, 15) is 14.4 Å². The highest BCUT2D eigenvalue weighted by atomic mass is 16.2. The molecule has 0 saturated carbocycles. The third-order valence-electron chi connectivity index (χ3n) is 5.88. The van der Waals surface area contributed by atoms with Crippen LogP contribution in [0.4, 0.5) is 0 Å². The van der Waals surface area contributed by atoms with Crippen molar-refractivity contribution < 1.29 is 4.79 Å². The summed E-state index contributed by atoms with van der Waals surface area (Å²) in [6.07, 6.45) is 2.61. The van der Waals surface area contributed by atoms with E-state index in [2.05, 4.69) is 5.10 Å². The molecule has 1 amide bonds. The summed E-state index contributed by atoms with van der Waals surface area (Å²) in [6.45, 7) is 1.76. The minimum Gasteiger partial charge on any atom is -0.340 e. The maximum Gasteiger partial charge on any atom is 0.275 e. The van der Waals surface area contributed by atoms with Crippen molar-refractivity contribution >= 4 is 16.7 Å². The Morgan fingerprint density at radius 2 is 1.89 bits per heavy atom. The van der Waals surface area contributed by atoms with Gasteiger partial charge in [-0.05, 0) is 24.5 Å². The highest BCUT2D eigenvalue weighted by Gasteiger charge is 2.36. The summed E-state index contributed by atoms with van der Waals surface area (Å²) in [6, 6.07) is 12.6. The maximum atomic E-state index is 12.9. The quantitative estimate of drug-likeness (QED) is 0.674. The number of hydrogen-bond acceptors (Lipinski definition) is 4. The first-order chi connectivity index (χ1) is 13.6. The largest absolute Gasteiger partial charge is 0.340 e. The van der Waals surface area contributed by atoms with Gasteiger partial charge in [-0.1, -0.05) is 24.3 Å². The smallest absolute Gasteiger partial charge is 0.275 e. The Labute approximate surface area is 160 Å². The lowest BCUT2D eigenvalue weighted by Crippen LogP contribution is -2.50. The van der Waals surface area contributed by atoms with E-state index in [1.54, 1.807) is 30.5 Å². The first-order valence-electron chi connectivity index (χ1n) is 9.52. The van der Waals surface area contributed by atoms with Crippen molar-refractivity contribution in [2.75, 3.05) is 13.1 Å². The molecule has 1 saturated heterocycles. The fraction of sp³-hybridized carbons (Fsp3) is 0.333. The van der Waals surface area contributed by atoms with Crippen LogP contribution in [0.1, 0.15) is 18.0 Å². The monoisotopic (exact) mass is 376 g/mol. The maximum absolute atomic E-state index is 12.9. The number of carbonyl (C=O) groups excluding carboxylic acids is 1. The molecular formula is C21H20N4O3. The fourth-order valence-electron chi connectivity index (χ4n) is 4.57. The average molecular weight is 376 g/mol. The van der Waals surface area contributed by atoms with Crippen molar-refractivity contribution in [3.63, 3.8) is 0 Å². The molecular weight excluding hydrogens is 356 g/mol. The number of hydrogen-bond donors (Lipinski definition) is 0. The van der Waals surface area contributed by atoms with Crippen molar-refractivity contribution in [1.29, 1.82) is 0 Å². The van der Waals surface area contributed by atoms with Gasteiger partial charge in [0, 0.05) is 42.7 Å². The zero-order valence-electron chi connectivity index (χ0n) is 15.3. The number of aromatic nitrogens is 3. The molecule has 4 heterocycles. The minimum atomic E-state index is -0.249. The molecule has 2 unspecified atom stereocenters. The van der Waals surface area contributed by atoms with Crippen LogP contribution >= 0.6 is 0 Å². The highest BCUT2D eigenvalue weighted by Crippen LogP contribution is 2.34. The number of piperidine rings is 1. The van der Waals surface area contributed by atoms with E-state index in [0.29, 0.717) is 25.0 Å². The zero-order valence-corrected chi connectivity index (χ0v) is 15.3. The van der Waals surface area contributed by atoms with Crippen molar-refractivity contribution in [3.05, 3.63) is 75.1 Å². The number of fused-ring (bicyclic) bond motifs is 5. The second-order valence-electron chi connectivity index (χ2n) is 7.69. The van der Waals surface area contributed by atoms with E-state index < -0.39 is 0 Å². The van der Waals surface area contributed by atoms with Gasteiger partial charge in [-0.3, -0.25) is 14.4 Å². The van der Waals surface area contributed by atoms with Crippen LogP contribution < -0.4 is 11.1 Å². The van der Waals surface area contributed by atoms with Crippen LogP contribution in [-0.4, -0.2) is 38.2 Å². The molecule has 7 heteroatoms. The summed E-state index contributed by atoms with van der Waals surface area (Å²) in [5, 5.41) is 5.51. The van der Waals surface area contributed by atoms with Gasteiger partial charge in [0.1, 0.15) is 6.54 Å². The van der Waals surface area contributed by atoms with Crippen molar-refractivity contribution in [2.45, 2.75) is 25.4 Å². The van der Waals surface area contributed by atoms with Crippen LogP contribution in [0.15, 0.2) is 58.3 Å². The summed E-state index contributed by atoms with van der Waals surface area (Å²) in [5.41, 5.74) is 0.779. The summed E-state index contributed by atoms with van der Waals surface area (Å²) < 4.78 is 3.09. The number of rotatable bonds is 2. The van der Waals surface area contributed by atoms with E-state index in [0.717, 1.165) is 17.5 Å². The van der Waals surface area contributed by atoms with Crippen LogP contribution in [0.25, 0.3) is 10.8 Å². The average Bonchev–Trinajstić information content (AvgIpc) is 2.71. The topological polar surface area (TPSA) is 77.2 Å². The molecule has 2 bridgehead atoms. The lowest BCUT2D eigenvalue weighted by molar-refractivity contribution is -0.134. The van der Waals surface area contributed by atoms with E-state index in [4.69, 9.17) is 0 Å². The number of pyridine rings is 1. The second-order valence-corrected chi connectivity index (χ2v) is 7.69. The Balaban J connectivity index is 1.40. The summed E-state index contributed by atoms with van der Waals surface area (Å²) in [4.78, 5) is 39.5. The van der Waals surface area contributed by atoms with Crippen molar-refractivity contribution in [2.24, 2.45) is 5.92 Å². The first-order valence-corrected chi connectivity index (χ1v) is 9.52. The van der Waals surface area contributed by atoms with E-state index in [1.165, 1.54) is 4.68 Å². The normalized spacial score (nSPS) is 20.8. The van der Waals surface area contributed by atoms with Gasteiger partial charge in [-0.15, -0.1) is 0 Å². The SMILES string of the molecule is O=C(Cn1ncc2ccccc2c1=O)N1CC2CC(C1)c1cccc(=O)n1C2. The molecule has 28 heavy (non-hydrogen) atoms. The summed E-state index contributed by atoms with van der Waals surface area (Å²) in [7, 11) is 0. The molecule has 3 aromatic rings. The van der Waals surface area contributed by atoms with E-state index >= 15 is 0 Å². The van der Waals surface area contributed by atoms with Crippen LogP contribution in [0.3, 0.4) is 0 Å². The Bertz CT molecular complexity index is 1200. The Morgan fingerprint density at radius 3 is 2.79 bits per heavy atom. The van der Waals surface area contributed by atoms with Gasteiger partial charge in [0.15, 0.2) is 0 Å². The van der Waals surface area contributed by atoms with Gasteiger partial charge in [-0.2, -0.15) is 5.10 Å². The van der Waals surface area contributed by atoms with Crippen LogP contribution in [0, 0.1) is 5.92 Å². The lowest BCUT2D eigenvalue weighted by atomic mass is 9.83. The molecule has 5 rings (SSSR count). The third-order valence-corrected chi connectivity index (χ3v) is 5.88. The van der Waals surface area contributed by atoms with Gasteiger partial charge in [0.05, 0.1) is 11.6 Å². The Kier molecular flexibility index (Phi) is 3.89. The van der Waals surface area contributed by atoms with Gasteiger partial charge in [0.25, 0.3) is 11.1 Å². The molecule has 0 N–H and O–H groups in total. The Morgan fingerprint density at radius 1 is 1.04 bits per heavy atom. The van der Waals surface area contributed by atoms with E-state index in [-0.39, 0.29) is 35.4 Å². The van der Waals surface area contributed by atoms with Crippen molar-refractivity contribution in [1.82, 2.24) is 19.2 Å². The van der Waals surface area contributed by atoms with Crippen molar-refractivity contribution in [3.8, 4) is 0 Å². The van der Waals surface area contributed by atoms with Gasteiger partial charge in [0.2, 0.25) is 5.91 Å². The third kappa shape index (κ3) is 2.74. The first kappa shape index (κ1) is 16.9. The molecule has 0 radical (unpaired) electrons. The lowest BCUT2D eigenvalue weighted by Gasteiger charge is -2.42.